The van der Waals surface area contributed by atoms with E-state index in [0.29, 0.717) is 0 Å². The van der Waals surface area contributed by atoms with Gasteiger partial charge in [0, 0.05) is 0 Å². The first-order valence-electron chi connectivity index (χ1n) is 2.17. The first-order valence-corrected chi connectivity index (χ1v) is 3.50. The maximum atomic E-state index is 10.2. The van der Waals surface area contributed by atoms with Crippen molar-refractivity contribution in [3.05, 3.63) is 0 Å². The van der Waals surface area contributed by atoms with E-state index in [-0.39, 0.29) is 59.1 Å². The molecule has 0 aliphatic carbocycles. The van der Waals surface area contributed by atoms with Crippen molar-refractivity contribution in [3.63, 3.8) is 0 Å². The molecule has 0 bridgehead atoms. The van der Waals surface area contributed by atoms with Crippen LogP contribution in [-0.4, -0.2) is 102 Å². The van der Waals surface area contributed by atoms with Gasteiger partial charge in [-0.25, -0.2) is 8.20 Å². The van der Waals surface area contributed by atoms with Crippen LogP contribution in [0.15, 0.2) is 0 Å². The van der Waals surface area contributed by atoms with Crippen LogP contribution in [-0.2, 0) is 18.6 Å². The molecule has 0 spiro atoms. The molecule has 13 heavy (non-hydrogen) atoms. The van der Waals surface area contributed by atoms with Crippen molar-refractivity contribution in [1.82, 2.24) is 0 Å². The summed E-state index contributed by atoms with van der Waals surface area (Å²) in [7, 11) is -9.98. The first kappa shape index (κ1) is 20.3. The van der Waals surface area contributed by atoms with Crippen LogP contribution in [0, 0.1) is 0 Å². The maximum absolute atomic E-state index is 10.2. The van der Waals surface area contributed by atoms with Crippen molar-refractivity contribution in [2.75, 3.05) is 0 Å². The molecule has 0 aromatic carbocycles. The van der Waals surface area contributed by atoms with Crippen LogP contribution >= 0.6 is 0 Å². The van der Waals surface area contributed by atoms with E-state index in [1.54, 1.807) is 0 Å². The first-order chi connectivity index (χ1) is 4.83. The molecule has 0 fully saturated rings. The second-order valence-corrected chi connectivity index (χ2v) is 2.45. The fourth-order valence-corrected chi connectivity index (χ4v) is 0.700. The molecule has 0 heterocycles. The summed E-state index contributed by atoms with van der Waals surface area (Å²) in [6.07, 6.45) is 0. The fourth-order valence-electron chi connectivity index (χ4n) is 0.233. The van der Waals surface area contributed by atoms with Gasteiger partial charge < -0.3 is 20.1 Å². The van der Waals surface area contributed by atoms with Gasteiger partial charge in [0.05, 0.1) is 0 Å². The predicted molar refractivity (Wildman–Crippen MR) is 45.8 cm³/mol. The summed E-state index contributed by atoms with van der Waals surface area (Å²) in [5.74, 6) is 0. The van der Waals surface area contributed by atoms with Crippen LogP contribution in [0.2, 0.25) is 0 Å². The van der Waals surface area contributed by atoms with E-state index in [4.69, 9.17) is 20.1 Å². The molecule has 0 atom stereocenters. The second-order valence-electron chi connectivity index (χ2n) is 1.25. The average Bonchev–Trinajstić information content (AvgIpc) is 1.53. The van der Waals surface area contributed by atoms with Crippen molar-refractivity contribution < 1.29 is 36.7 Å². The predicted octanol–water partition coefficient (Wildman–Crippen LogP) is -5.09. The van der Waals surface area contributed by atoms with Gasteiger partial charge in [-0.2, -0.15) is 8.42 Å². The third-order valence-corrected chi connectivity index (χ3v) is 1.22. The summed E-state index contributed by atoms with van der Waals surface area (Å²) in [5, 5.41) is 31.6. The summed E-state index contributed by atoms with van der Waals surface area (Å²) in [5.41, 5.74) is 0. The molecule has 0 aliphatic heterocycles. The van der Waals surface area contributed by atoms with Crippen LogP contribution < -0.4 is 0 Å². The van der Waals surface area contributed by atoms with E-state index < -0.39 is 25.0 Å². The molecule has 0 aliphatic rings. The molecule has 0 saturated heterocycles. The minimum atomic E-state index is -4.78. The van der Waals surface area contributed by atoms with Gasteiger partial charge in [0.2, 0.25) is 0 Å². The quantitative estimate of drug-likeness (QED) is 0.355. The Hall–Kier alpha value is 1.84. The zero-order valence-corrected chi connectivity index (χ0v) is 5.80. The molecular formula is H6B2Na2O8S. The van der Waals surface area contributed by atoms with E-state index in [9.17, 15) is 8.42 Å². The molecule has 4 N–H and O–H groups in total. The van der Waals surface area contributed by atoms with E-state index in [2.05, 4.69) is 8.20 Å². The minimum absolute atomic E-state index is 0. The van der Waals surface area contributed by atoms with Crippen LogP contribution in [0.4, 0.5) is 0 Å². The molecular weight excluding hydrogens is 228 g/mol. The summed E-state index contributed by atoms with van der Waals surface area (Å²) in [6, 6.07) is 0. The van der Waals surface area contributed by atoms with E-state index in [1.165, 1.54) is 0 Å². The standard InChI is InChI=1S/B2H4O8S.2Na.2H/c3-1(4)9-11(7,8)10-2(5)6;;;;/h3-6H;;;;. The Morgan fingerprint density at radius 2 is 1.08 bits per heavy atom. The number of hydrogen-bond donors (Lipinski definition) is 4. The van der Waals surface area contributed by atoms with Crippen molar-refractivity contribution in [1.29, 1.82) is 0 Å². The monoisotopic (exact) mass is 234 g/mol. The third kappa shape index (κ3) is 13.8. The Morgan fingerprint density at radius 1 is 0.846 bits per heavy atom. The van der Waals surface area contributed by atoms with Gasteiger partial charge in [-0.3, -0.25) is 0 Å². The van der Waals surface area contributed by atoms with Gasteiger partial charge >= 0.3 is 84.2 Å². The normalized spacial score (nSPS) is 9.54. The Bertz CT molecular complexity index is 182. The molecule has 0 aromatic rings. The van der Waals surface area contributed by atoms with Gasteiger partial charge in [-0.1, -0.05) is 0 Å². The van der Waals surface area contributed by atoms with Gasteiger partial charge in [0.25, 0.3) is 0 Å². The molecule has 0 radical (unpaired) electrons. The van der Waals surface area contributed by atoms with Gasteiger partial charge in [0.15, 0.2) is 0 Å². The van der Waals surface area contributed by atoms with Gasteiger partial charge in [-0.15, -0.1) is 0 Å². The zero-order chi connectivity index (χ0) is 9.07. The molecule has 0 amide bonds. The van der Waals surface area contributed by atoms with Crippen molar-refractivity contribution in [2.24, 2.45) is 0 Å². The molecule has 8 nitrogen and oxygen atoms in total. The average molecular weight is 234 g/mol. The summed E-state index contributed by atoms with van der Waals surface area (Å²) in [4.78, 5) is 0. The Kier molecular flexibility index (Phi) is 14.2. The SMILES string of the molecule is O=S(=O)(OB(O)O)OB(O)O.[NaH].[NaH]. The topological polar surface area (TPSA) is 134 Å². The van der Waals surface area contributed by atoms with E-state index >= 15 is 0 Å². The van der Waals surface area contributed by atoms with Crippen molar-refractivity contribution in [2.45, 2.75) is 0 Å². The summed E-state index contributed by atoms with van der Waals surface area (Å²) >= 11 is 0. The van der Waals surface area contributed by atoms with Crippen LogP contribution in [0.5, 0.6) is 0 Å². The molecule has 0 aromatic heterocycles. The van der Waals surface area contributed by atoms with E-state index in [0.717, 1.165) is 0 Å². The fraction of sp³-hybridized carbons (Fsp3) is 0. The van der Waals surface area contributed by atoms with Gasteiger partial charge in [0.1, 0.15) is 0 Å². The zero-order valence-electron chi connectivity index (χ0n) is 4.98. The number of hydrogen-bond acceptors (Lipinski definition) is 8. The van der Waals surface area contributed by atoms with Crippen molar-refractivity contribution in [3.8, 4) is 0 Å². The molecule has 0 saturated carbocycles. The van der Waals surface area contributed by atoms with Crippen LogP contribution in [0.1, 0.15) is 0 Å². The molecule has 68 valence electrons. The molecule has 13 heteroatoms. The Morgan fingerprint density at radius 3 is 1.23 bits per heavy atom. The van der Waals surface area contributed by atoms with Crippen LogP contribution in [0.25, 0.3) is 0 Å². The second kappa shape index (κ2) is 9.09. The Balaban J connectivity index is -0.000000500. The van der Waals surface area contributed by atoms with Crippen LogP contribution in [0.3, 0.4) is 0 Å². The summed E-state index contributed by atoms with van der Waals surface area (Å²) < 4.78 is 26.9. The number of rotatable bonds is 4. The summed E-state index contributed by atoms with van der Waals surface area (Å²) in [6.45, 7) is 0. The van der Waals surface area contributed by atoms with Gasteiger partial charge in [-0.05, 0) is 0 Å². The third-order valence-electron chi connectivity index (χ3n) is 0.408. The van der Waals surface area contributed by atoms with E-state index in [1.807, 2.05) is 0 Å². The molecule has 0 rings (SSSR count). The molecule has 0 unspecified atom stereocenters. The van der Waals surface area contributed by atoms with Crippen molar-refractivity contribution >= 4 is 84.2 Å². The Labute approximate surface area is 120 Å².